The van der Waals surface area contributed by atoms with E-state index in [0.29, 0.717) is 22.2 Å². The average Bonchev–Trinajstić information content (AvgIpc) is 2.65. The van der Waals surface area contributed by atoms with Gasteiger partial charge >= 0.3 is 0 Å². The number of likely N-dealkylation sites (N-methyl/N-ethyl adjacent to an activating group) is 1. The number of anilines is 2. The van der Waals surface area contributed by atoms with Crippen LogP contribution in [0.25, 0.3) is 0 Å². The van der Waals surface area contributed by atoms with Gasteiger partial charge in [-0.2, -0.15) is 0 Å². The number of halogens is 1. The molecular formula is C18H22ClN5O2. The molecule has 1 aliphatic rings. The van der Waals surface area contributed by atoms with Gasteiger partial charge in [0.25, 0.3) is 5.91 Å². The molecule has 0 radical (unpaired) electrons. The lowest BCUT2D eigenvalue weighted by Gasteiger charge is -2.33. The minimum absolute atomic E-state index is 0.309. The Morgan fingerprint density at radius 1 is 1.19 bits per heavy atom. The number of methoxy groups -OCH3 is 1. The van der Waals surface area contributed by atoms with Gasteiger partial charge in [0.1, 0.15) is 23.6 Å². The Hall–Kier alpha value is -2.38. The Morgan fingerprint density at radius 2 is 1.92 bits per heavy atom. The molecule has 0 spiro atoms. The van der Waals surface area contributed by atoms with Crippen LogP contribution in [0.3, 0.4) is 0 Å². The Balaban J connectivity index is 1.78. The number of rotatable bonds is 4. The molecule has 1 N–H and O–H groups in total. The summed E-state index contributed by atoms with van der Waals surface area (Å²) in [6, 6.07) is 5.18. The molecule has 0 saturated carbocycles. The number of hydrogen-bond donors (Lipinski definition) is 1. The second kappa shape index (κ2) is 7.88. The monoisotopic (exact) mass is 375 g/mol. The zero-order chi connectivity index (χ0) is 18.7. The Morgan fingerprint density at radius 3 is 2.62 bits per heavy atom. The predicted octanol–water partition coefficient (Wildman–Crippen LogP) is 2.45. The third-order valence-electron chi connectivity index (χ3n) is 4.44. The average molecular weight is 376 g/mol. The number of piperazine rings is 1. The number of hydrogen-bond acceptors (Lipinski definition) is 6. The van der Waals surface area contributed by atoms with Crippen molar-refractivity contribution in [3.63, 3.8) is 0 Å². The summed E-state index contributed by atoms with van der Waals surface area (Å²) < 4.78 is 5.30. The first-order valence-electron chi connectivity index (χ1n) is 8.39. The number of benzene rings is 1. The van der Waals surface area contributed by atoms with Gasteiger partial charge in [-0.15, -0.1) is 0 Å². The van der Waals surface area contributed by atoms with Gasteiger partial charge in [-0.1, -0.05) is 11.6 Å². The molecule has 8 heteroatoms. The molecule has 0 bridgehead atoms. The summed E-state index contributed by atoms with van der Waals surface area (Å²) in [4.78, 5) is 25.5. The summed E-state index contributed by atoms with van der Waals surface area (Å²) in [5, 5.41) is 3.43. The van der Waals surface area contributed by atoms with Gasteiger partial charge in [0.2, 0.25) is 0 Å². The number of aromatic nitrogens is 2. The van der Waals surface area contributed by atoms with Crippen molar-refractivity contribution < 1.29 is 9.53 Å². The fourth-order valence-electron chi connectivity index (χ4n) is 2.80. The Bertz CT molecular complexity index is 806. The van der Waals surface area contributed by atoms with E-state index in [1.807, 2.05) is 6.92 Å². The molecule has 1 fully saturated rings. The molecule has 1 aromatic carbocycles. The van der Waals surface area contributed by atoms with Crippen molar-refractivity contribution in [1.82, 2.24) is 14.9 Å². The van der Waals surface area contributed by atoms with E-state index in [2.05, 4.69) is 32.1 Å². The molecule has 7 nitrogen and oxygen atoms in total. The zero-order valence-electron chi connectivity index (χ0n) is 15.1. The molecule has 3 rings (SSSR count). The first-order valence-corrected chi connectivity index (χ1v) is 8.76. The summed E-state index contributed by atoms with van der Waals surface area (Å²) in [6.07, 6.45) is 1.42. The second-order valence-corrected chi connectivity index (χ2v) is 6.71. The lowest BCUT2D eigenvalue weighted by atomic mass is 10.2. The molecule has 1 aliphatic heterocycles. The second-order valence-electron chi connectivity index (χ2n) is 6.31. The van der Waals surface area contributed by atoms with Gasteiger partial charge in [0.05, 0.1) is 12.8 Å². The van der Waals surface area contributed by atoms with Crippen molar-refractivity contribution in [1.29, 1.82) is 0 Å². The lowest BCUT2D eigenvalue weighted by Crippen LogP contribution is -2.44. The van der Waals surface area contributed by atoms with Crippen LogP contribution in [0.2, 0.25) is 5.02 Å². The topological polar surface area (TPSA) is 70.6 Å². The molecule has 1 aromatic heterocycles. The maximum Gasteiger partial charge on any atom is 0.274 e. The Labute approximate surface area is 157 Å². The number of carbonyl (C=O) groups is 1. The standard InChI is InChI=1S/C18H22ClN5O2/c1-12-8-14(16(26-3)9-13(12)19)22-18(25)15-10-17(21-11-20-15)24-6-4-23(2)5-7-24/h8-11H,4-7H2,1-3H3,(H,22,25). The minimum atomic E-state index is -0.317. The van der Waals surface area contributed by atoms with Crippen molar-refractivity contribution in [3.8, 4) is 5.75 Å². The molecule has 0 unspecified atom stereocenters. The van der Waals surface area contributed by atoms with Gasteiger partial charge in [-0.25, -0.2) is 9.97 Å². The van der Waals surface area contributed by atoms with Crippen molar-refractivity contribution in [2.75, 3.05) is 50.6 Å². The maximum atomic E-state index is 12.6. The fourth-order valence-corrected chi connectivity index (χ4v) is 2.95. The molecule has 26 heavy (non-hydrogen) atoms. The van der Waals surface area contributed by atoms with Crippen molar-refractivity contribution in [2.24, 2.45) is 0 Å². The summed E-state index contributed by atoms with van der Waals surface area (Å²) in [5.41, 5.74) is 1.71. The van der Waals surface area contributed by atoms with Crippen LogP contribution >= 0.6 is 11.6 Å². The van der Waals surface area contributed by atoms with Crippen molar-refractivity contribution in [2.45, 2.75) is 6.92 Å². The van der Waals surface area contributed by atoms with Gasteiger partial charge in [-0.3, -0.25) is 4.79 Å². The van der Waals surface area contributed by atoms with Crippen LogP contribution in [0.1, 0.15) is 16.1 Å². The molecule has 2 heterocycles. The van der Waals surface area contributed by atoms with E-state index in [1.165, 1.54) is 13.4 Å². The van der Waals surface area contributed by atoms with Crippen LogP contribution < -0.4 is 15.0 Å². The number of nitrogens with zero attached hydrogens (tertiary/aromatic N) is 4. The predicted molar refractivity (Wildman–Crippen MR) is 102 cm³/mol. The highest BCUT2D eigenvalue weighted by Gasteiger charge is 2.18. The molecule has 1 amide bonds. The SMILES string of the molecule is COc1cc(Cl)c(C)cc1NC(=O)c1cc(N2CCN(C)CC2)ncn1. The summed E-state index contributed by atoms with van der Waals surface area (Å²) >= 11 is 6.11. The van der Waals surface area contributed by atoms with E-state index < -0.39 is 0 Å². The first-order chi connectivity index (χ1) is 12.5. The maximum absolute atomic E-state index is 12.6. The first kappa shape index (κ1) is 18.4. The van der Waals surface area contributed by atoms with E-state index >= 15 is 0 Å². The number of nitrogens with one attached hydrogen (secondary N) is 1. The number of amides is 1. The van der Waals surface area contributed by atoms with Crippen molar-refractivity contribution >= 4 is 29.0 Å². The zero-order valence-corrected chi connectivity index (χ0v) is 15.9. The van der Waals surface area contributed by atoms with E-state index in [4.69, 9.17) is 16.3 Å². The highest BCUT2D eigenvalue weighted by molar-refractivity contribution is 6.31. The molecule has 138 valence electrons. The van der Waals surface area contributed by atoms with Crippen LogP contribution in [-0.2, 0) is 0 Å². The molecule has 0 aliphatic carbocycles. The van der Waals surface area contributed by atoms with Crippen molar-refractivity contribution in [3.05, 3.63) is 40.8 Å². The van der Waals surface area contributed by atoms with E-state index in [-0.39, 0.29) is 5.91 Å². The van der Waals surface area contributed by atoms with E-state index in [1.54, 1.807) is 18.2 Å². The number of aryl methyl sites for hydroxylation is 1. The summed E-state index contributed by atoms with van der Waals surface area (Å²) in [7, 11) is 3.63. The van der Waals surface area contributed by atoms with Gasteiger partial charge in [0, 0.05) is 43.3 Å². The molecular weight excluding hydrogens is 354 g/mol. The molecule has 0 atom stereocenters. The third-order valence-corrected chi connectivity index (χ3v) is 4.85. The van der Waals surface area contributed by atoms with E-state index in [9.17, 15) is 4.79 Å². The van der Waals surface area contributed by atoms with Gasteiger partial charge in [0.15, 0.2) is 0 Å². The highest BCUT2D eigenvalue weighted by atomic mass is 35.5. The van der Waals surface area contributed by atoms with Crippen LogP contribution in [0, 0.1) is 6.92 Å². The molecule has 2 aromatic rings. The largest absolute Gasteiger partial charge is 0.495 e. The van der Waals surface area contributed by atoms with Crippen LogP contribution in [0.15, 0.2) is 24.5 Å². The van der Waals surface area contributed by atoms with Crippen LogP contribution in [0.4, 0.5) is 11.5 Å². The highest BCUT2D eigenvalue weighted by Crippen LogP contribution is 2.31. The van der Waals surface area contributed by atoms with E-state index in [0.717, 1.165) is 37.6 Å². The normalized spacial score (nSPS) is 15.0. The molecule has 1 saturated heterocycles. The third kappa shape index (κ3) is 4.05. The summed E-state index contributed by atoms with van der Waals surface area (Å²) in [6.45, 7) is 5.55. The van der Waals surface area contributed by atoms with Gasteiger partial charge < -0.3 is 19.9 Å². The van der Waals surface area contributed by atoms with Gasteiger partial charge in [-0.05, 0) is 25.6 Å². The smallest absolute Gasteiger partial charge is 0.274 e. The fraction of sp³-hybridized carbons (Fsp3) is 0.389. The van der Waals surface area contributed by atoms with Crippen LogP contribution in [-0.4, -0.2) is 61.1 Å². The quantitative estimate of drug-likeness (QED) is 0.885. The van der Waals surface area contributed by atoms with Crippen LogP contribution in [0.5, 0.6) is 5.75 Å². The number of ether oxygens (including phenoxy) is 1. The number of carbonyl (C=O) groups excluding carboxylic acids is 1. The Kier molecular flexibility index (Phi) is 5.58. The summed E-state index contributed by atoms with van der Waals surface area (Å²) in [5.74, 6) is 0.947. The lowest BCUT2D eigenvalue weighted by molar-refractivity contribution is 0.102. The minimum Gasteiger partial charge on any atom is -0.495 e.